The van der Waals surface area contributed by atoms with E-state index in [0.717, 1.165) is 11.5 Å². The van der Waals surface area contributed by atoms with Crippen molar-refractivity contribution in [3.8, 4) is 5.69 Å². The minimum atomic E-state index is 1.08. The first-order chi connectivity index (χ1) is 6.83. The van der Waals surface area contributed by atoms with Crippen LogP contribution < -0.4 is 4.57 Å². The van der Waals surface area contributed by atoms with Gasteiger partial charge in [0, 0.05) is 6.08 Å². The molecule has 2 nitrogen and oxygen atoms in total. The molecule has 0 bridgehead atoms. The van der Waals surface area contributed by atoms with Gasteiger partial charge >= 0.3 is 0 Å². The van der Waals surface area contributed by atoms with Gasteiger partial charge < -0.3 is 0 Å². The molecule has 0 aliphatic heterocycles. The predicted molar refractivity (Wildman–Crippen MR) is 57.0 cm³/mol. The first-order valence-corrected chi connectivity index (χ1v) is 4.58. The first-order valence-electron chi connectivity index (χ1n) is 4.58. The Kier molecular flexibility index (Phi) is 2.19. The third kappa shape index (κ3) is 1.35. The molecule has 0 radical (unpaired) electrons. The second-order valence-corrected chi connectivity index (χ2v) is 3.18. The number of hydrogen-bond acceptors (Lipinski definition) is 0. The Morgan fingerprint density at radius 2 is 2.00 bits per heavy atom. The summed E-state index contributed by atoms with van der Waals surface area (Å²) in [6.45, 7) is 3.81. The Morgan fingerprint density at radius 1 is 1.29 bits per heavy atom. The molecule has 0 unspecified atom stereocenters. The summed E-state index contributed by atoms with van der Waals surface area (Å²) in [7, 11) is 2.01. The van der Waals surface area contributed by atoms with Crippen LogP contribution in [0.2, 0.25) is 0 Å². The largest absolute Gasteiger partial charge is 0.285 e. The zero-order chi connectivity index (χ0) is 9.97. The molecule has 2 heteroatoms. The Labute approximate surface area is 83.7 Å². The molecule has 70 valence electrons. The molecule has 2 rings (SSSR count). The van der Waals surface area contributed by atoms with Crippen LogP contribution in [0.15, 0.2) is 49.3 Å². The van der Waals surface area contributed by atoms with Crippen LogP contribution >= 0.6 is 0 Å². The van der Waals surface area contributed by atoms with Crippen molar-refractivity contribution in [2.24, 2.45) is 7.05 Å². The smallest absolute Gasteiger partial charge is 0.233 e. The number of nitrogens with zero attached hydrogens (tertiary/aromatic N) is 2. The highest BCUT2D eigenvalue weighted by atomic mass is 15.1. The quantitative estimate of drug-likeness (QED) is 0.632. The highest BCUT2D eigenvalue weighted by Gasteiger charge is 2.11. The number of aryl methyl sites for hydroxylation is 1. The number of rotatable bonds is 2. The summed E-state index contributed by atoms with van der Waals surface area (Å²) in [5, 5.41) is 0. The SMILES string of the molecule is C=Cc1n(-c2ccccc2)cc[n+]1C. The van der Waals surface area contributed by atoms with Gasteiger partial charge in [-0.05, 0) is 12.1 Å². The highest BCUT2D eigenvalue weighted by Crippen LogP contribution is 2.09. The lowest BCUT2D eigenvalue weighted by molar-refractivity contribution is -0.672. The third-order valence-electron chi connectivity index (χ3n) is 2.26. The van der Waals surface area contributed by atoms with Crippen molar-refractivity contribution in [2.75, 3.05) is 0 Å². The van der Waals surface area contributed by atoms with E-state index in [1.54, 1.807) is 0 Å². The van der Waals surface area contributed by atoms with Gasteiger partial charge in [0.2, 0.25) is 0 Å². The van der Waals surface area contributed by atoms with Crippen molar-refractivity contribution in [3.05, 3.63) is 55.1 Å². The van der Waals surface area contributed by atoms with Crippen LogP contribution in [0.5, 0.6) is 0 Å². The molecule has 0 amide bonds. The van der Waals surface area contributed by atoms with Crippen LogP contribution in [-0.2, 0) is 7.05 Å². The number of aromatic nitrogens is 2. The molecular formula is C12H13N2+. The Hall–Kier alpha value is -1.83. The maximum absolute atomic E-state index is 3.81. The fraction of sp³-hybridized carbons (Fsp3) is 0.0833. The van der Waals surface area contributed by atoms with Crippen LogP contribution in [0.25, 0.3) is 11.8 Å². The molecule has 1 aromatic carbocycles. The summed E-state index contributed by atoms with van der Waals surface area (Å²) in [5.74, 6) is 1.08. The Balaban J connectivity index is 2.57. The van der Waals surface area contributed by atoms with E-state index in [0.29, 0.717) is 0 Å². The van der Waals surface area contributed by atoms with E-state index in [4.69, 9.17) is 0 Å². The minimum Gasteiger partial charge on any atom is -0.233 e. The molecule has 14 heavy (non-hydrogen) atoms. The minimum absolute atomic E-state index is 1.08. The number of hydrogen-bond donors (Lipinski definition) is 0. The molecule has 0 aliphatic carbocycles. The standard InChI is InChI=1S/C12H13N2/c1-3-12-13(2)9-10-14(12)11-7-5-4-6-8-11/h3-10H,1H2,2H3/q+1. The first kappa shape index (κ1) is 8.75. The second kappa shape index (κ2) is 3.50. The monoisotopic (exact) mass is 185 g/mol. The molecule has 2 aromatic rings. The van der Waals surface area contributed by atoms with Gasteiger partial charge in [-0.1, -0.05) is 24.8 Å². The molecule has 1 heterocycles. The van der Waals surface area contributed by atoms with Crippen molar-refractivity contribution in [1.29, 1.82) is 0 Å². The lowest BCUT2D eigenvalue weighted by Gasteiger charge is -1.97. The van der Waals surface area contributed by atoms with Crippen molar-refractivity contribution in [2.45, 2.75) is 0 Å². The summed E-state index contributed by atoms with van der Waals surface area (Å²) in [6.07, 6.45) is 5.91. The molecule has 1 aromatic heterocycles. The molecule has 0 saturated carbocycles. The molecule has 0 saturated heterocycles. The molecule has 0 spiro atoms. The predicted octanol–water partition coefficient (Wildman–Crippen LogP) is 1.94. The van der Waals surface area contributed by atoms with Crippen LogP contribution in [-0.4, -0.2) is 4.57 Å². The van der Waals surface area contributed by atoms with E-state index < -0.39 is 0 Å². The van der Waals surface area contributed by atoms with E-state index in [1.165, 1.54) is 0 Å². The lowest BCUT2D eigenvalue weighted by Crippen LogP contribution is -2.29. The lowest BCUT2D eigenvalue weighted by atomic mass is 10.3. The second-order valence-electron chi connectivity index (χ2n) is 3.18. The zero-order valence-corrected chi connectivity index (χ0v) is 8.22. The summed E-state index contributed by atoms with van der Waals surface area (Å²) in [4.78, 5) is 0. The Morgan fingerprint density at radius 3 is 2.64 bits per heavy atom. The summed E-state index contributed by atoms with van der Waals surface area (Å²) >= 11 is 0. The summed E-state index contributed by atoms with van der Waals surface area (Å²) in [5.41, 5.74) is 1.16. The van der Waals surface area contributed by atoms with Gasteiger partial charge in [0.15, 0.2) is 0 Å². The van der Waals surface area contributed by atoms with Crippen molar-refractivity contribution >= 4 is 6.08 Å². The van der Waals surface area contributed by atoms with Gasteiger partial charge in [-0.25, -0.2) is 4.57 Å². The van der Waals surface area contributed by atoms with Gasteiger partial charge in [-0.15, -0.1) is 0 Å². The van der Waals surface area contributed by atoms with Gasteiger partial charge in [-0.2, -0.15) is 4.57 Å². The van der Waals surface area contributed by atoms with E-state index in [-0.39, 0.29) is 0 Å². The average Bonchev–Trinajstić information content (AvgIpc) is 2.61. The van der Waals surface area contributed by atoms with Gasteiger partial charge in [0.05, 0.1) is 7.05 Å². The molecule has 0 aliphatic rings. The van der Waals surface area contributed by atoms with Crippen LogP contribution in [0, 0.1) is 0 Å². The third-order valence-corrected chi connectivity index (χ3v) is 2.26. The van der Waals surface area contributed by atoms with E-state index >= 15 is 0 Å². The van der Waals surface area contributed by atoms with Crippen LogP contribution in [0.3, 0.4) is 0 Å². The van der Waals surface area contributed by atoms with E-state index in [1.807, 2.05) is 48.3 Å². The molecule has 0 atom stereocenters. The number of imidazole rings is 1. The number of para-hydroxylation sites is 1. The van der Waals surface area contributed by atoms with Gasteiger partial charge in [0.1, 0.15) is 18.1 Å². The zero-order valence-electron chi connectivity index (χ0n) is 8.22. The fourth-order valence-corrected chi connectivity index (χ4v) is 1.54. The Bertz CT molecular complexity index is 441. The summed E-state index contributed by atoms with van der Waals surface area (Å²) < 4.78 is 4.15. The summed E-state index contributed by atoms with van der Waals surface area (Å²) in [6, 6.07) is 10.2. The van der Waals surface area contributed by atoms with Crippen molar-refractivity contribution < 1.29 is 4.57 Å². The topological polar surface area (TPSA) is 8.81 Å². The normalized spacial score (nSPS) is 10.1. The maximum atomic E-state index is 3.81. The van der Waals surface area contributed by atoms with Crippen LogP contribution in [0.4, 0.5) is 0 Å². The van der Waals surface area contributed by atoms with E-state index in [9.17, 15) is 0 Å². The molecular weight excluding hydrogens is 172 g/mol. The van der Waals surface area contributed by atoms with E-state index in [2.05, 4.69) is 23.3 Å². The molecule has 0 N–H and O–H groups in total. The molecule has 0 fully saturated rings. The highest BCUT2D eigenvalue weighted by molar-refractivity contribution is 5.41. The number of benzene rings is 1. The van der Waals surface area contributed by atoms with Crippen LogP contribution in [0.1, 0.15) is 5.82 Å². The van der Waals surface area contributed by atoms with Crippen molar-refractivity contribution in [3.63, 3.8) is 0 Å². The fourth-order valence-electron chi connectivity index (χ4n) is 1.54. The van der Waals surface area contributed by atoms with Crippen molar-refractivity contribution in [1.82, 2.24) is 4.57 Å². The average molecular weight is 185 g/mol. The van der Waals surface area contributed by atoms with Gasteiger partial charge in [-0.3, -0.25) is 0 Å². The van der Waals surface area contributed by atoms with Gasteiger partial charge in [0.25, 0.3) is 5.82 Å². The maximum Gasteiger partial charge on any atom is 0.285 e.